The Kier molecular flexibility index (Phi) is 6.09. The van der Waals surface area contributed by atoms with Crippen LogP contribution in [0.25, 0.3) is 0 Å². The van der Waals surface area contributed by atoms with Crippen LogP contribution in [0.15, 0.2) is 0 Å². The number of hydrogen-bond acceptors (Lipinski definition) is 4. The van der Waals surface area contributed by atoms with Gasteiger partial charge in [-0.3, -0.25) is 9.69 Å². The molecule has 0 heterocycles. The number of rotatable bonds is 5. The molecule has 18 heavy (non-hydrogen) atoms. The molecule has 0 aromatic carbocycles. The lowest BCUT2D eigenvalue weighted by atomic mass is 9.94. The molecule has 106 valence electrons. The summed E-state index contributed by atoms with van der Waals surface area (Å²) in [6.07, 6.45) is 5.99. The molecule has 1 N–H and O–H groups in total. The van der Waals surface area contributed by atoms with Gasteiger partial charge in [-0.1, -0.05) is 19.3 Å². The Morgan fingerprint density at radius 3 is 2.39 bits per heavy atom. The average molecular weight is 257 g/mol. The van der Waals surface area contributed by atoms with Crippen molar-refractivity contribution in [3.8, 4) is 0 Å². The van der Waals surface area contributed by atoms with Crippen molar-refractivity contribution in [3.63, 3.8) is 0 Å². The molecule has 1 fully saturated rings. The topological polar surface area (TPSA) is 49.8 Å². The molecule has 0 bridgehead atoms. The van der Waals surface area contributed by atoms with Gasteiger partial charge in [0.25, 0.3) is 0 Å². The van der Waals surface area contributed by atoms with Crippen LogP contribution in [-0.4, -0.2) is 47.3 Å². The standard InChI is InChI=1S/C14H27NO3/c1-14(2,3)18-13(17)11-15(9-10-16)12-7-5-4-6-8-12/h12,16H,4-11H2,1-3H3. The first-order valence-electron chi connectivity index (χ1n) is 6.99. The van der Waals surface area contributed by atoms with Gasteiger partial charge >= 0.3 is 5.97 Å². The van der Waals surface area contributed by atoms with Crippen molar-refractivity contribution in [3.05, 3.63) is 0 Å². The van der Waals surface area contributed by atoms with Gasteiger partial charge in [-0.15, -0.1) is 0 Å². The Bertz CT molecular complexity index is 254. The Hall–Kier alpha value is -0.610. The molecule has 0 unspecified atom stereocenters. The van der Waals surface area contributed by atoms with E-state index in [1.54, 1.807) is 0 Å². The number of carbonyl (C=O) groups is 1. The maximum atomic E-state index is 11.8. The van der Waals surface area contributed by atoms with Gasteiger partial charge in [0.15, 0.2) is 0 Å². The van der Waals surface area contributed by atoms with E-state index in [2.05, 4.69) is 4.90 Å². The minimum Gasteiger partial charge on any atom is -0.459 e. The molecule has 1 saturated carbocycles. The monoisotopic (exact) mass is 257 g/mol. The molecule has 1 rings (SSSR count). The summed E-state index contributed by atoms with van der Waals surface area (Å²) in [6.45, 7) is 6.58. The third-order valence-corrected chi connectivity index (χ3v) is 3.23. The van der Waals surface area contributed by atoms with Crippen LogP contribution in [0.4, 0.5) is 0 Å². The Balaban J connectivity index is 2.48. The highest BCUT2D eigenvalue weighted by Crippen LogP contribution is 2.22. The summed E-state index contributed by atoms with van der Waals surface area (Å²) in [7, 11) is 0. The summed E-state index contributed by atoms with van der Waals surface area (Å²) < 4.78 is 5.34. The lowest BCUT2D eigenvalue weighted by Crippen LogP contribution is -2.43. The first-order chi connectivity index (χ1) is 8.42. The van der Waals surface area contributed by atoms with Crippen molar-refractivity contribution in [2.75, 3.05) is 19.7 Å². The lowest BCUT2D eigenvalue weighted by molar-refractivity contribution is -0.157. The minimum atomic E-state index is -0.436. The summed E-state index contributed by atoms with van der Waals surface area (Å²) in [5.74, 6) is -0.193. The first-order valence-corrected chi connectivity index (χ1v) is 6.99. The van der Waals surface area contributed by atoms with E-state index in [9.17, 15) is 4.79 Å². The predicted octanol–water partition coefficient (Wildman–Crippen LogP) is 1.96. The highest BCUT2D eigenvalue weighted by molar-refractivity contribution is 5.72. The number of carbonyl (C=O) groups excluding carboxylic acids is 1. The van der Waals surface area contributed by atoms with Crippen LogP contribution >= 0.6 is 0 Å². The van der Waals surface area contributed by atoms with E-state index >= 15 is 0 Å². The molecular weight excluding hydrogens is 230 g/mol. The van der Waals surface area contributed by atoms with Crippen molar-refractivity contribution in [1.82, 2.24) is 4.90 Å². The molecule has 0 spiro atoms. The van der Waals surface area contributed by atoms with Gasteiger partial charge < -0.3 is 9.84 Å². The number of ether oxygens (including phenoxy) is 1. The first kappa shape index (κ1) is 15.4. The number of esters is 1. The zero-order valence-corrected chi connectivity index (χ0v) is 11.9. The van der Waals surface area contributed by atoms with Crippen LogP contribution in [0.5, 0.6) is 0 Å². The van der Waals surface area contributed by atoms with Crippen LogP contribution < -0.4 is 0 Å². The van der Waals surface area contributed by atoms with Gasteiger partial charge in [0.05, 0.1) is 13.2 Å². The molecule has 4 heteroatoms. The van der Waals surface area contributed by atoms with E-state index in [1.165, 1.54) is 19.3 Å². The molecule has 0 radical (unpaired) electrons. The van der Waals surface area contributed by atoms with E-state index in [1.807, 2.05) is 20.8 Å². The maximum Gasteiger partial charge on any atom is 0.320 e. The Morgan fingerprint density at radius 2 is 1.89 bits per heavy atom. The largest absolute Gasteiger partial charge is 0.459 e. The van der Waals surface area contributed by atoms with E-state index in [4.69, 9.17) is 9.84 Å². The van der Waals surface area contributed by atoms with Crippen LogP contribution in [-0.2, 0) is 9.53 Å². The van der Waals surface area contributed by atoms with Gasteiger partial charge in [-0.2, -0.15) is 0 Å². The summed E-state index contributed by atoms with van der Waals surface area (Å²) in [6, 6.07) is 0.429. The summed E-state index contributed by atoms with van der Waals surface area (Å²) in [4.78, 5) is 13.9. The fourth-order valence-electron chi connectivity index (χ4n) is 2.50. The molecule has 0 amide bonds. The summed E-state index contributed by atoms with van der Waals surface area (Å²) in [5, 5.41) is 9.12. The Labute approximate surface area is 110 Å². The molecule has 0 aliphatic heterocycles. The zero-order chi connectivity index (χ0) is 13.6. The minimum absolute atomic E-state index is 0.0965. The van der Waals surface area contributed by atoms with Gasteiger partial charge in [0.2, 0.25) is 0 Å². The predicted molar refractivity (Wildman–Crippen MR) is 71.4 cm³/mol. The van der Waals surface area contributed by atoms with Crippen molar-refractivity contribution in [2.24, 2.45) is 0 Å². The number of nitrogens with zero attached hydrogens (tertiary/aromatic N) is 1. The molecular formula is C14H27NO3. The second-order valence-electron chi connectivity index (χ2n) is 6.07. The smallest absolute Gasteiger partial charge is 0.320 e. The average Bonchev–Trinajstić information content (AvgIpc) is 2.27. The normalized spacial score (nSPS) is 18.1. The molecule has 1 aliphatic carbocycles. The van der Waals surface area contributed by atoms with Crippen LogP contribution in [0.1, 0.15) is 52.9 Å². The molecule has 0 saturated heterocycles. The number of hydrogen-bond donors (Lipinski definition) is 1. The SMILES string of the molecule is CC(C)(C)OC(=O)CN(CCO)C1CCCCC1. The summed E-state index contributed by atoms with van der Waals surface area (Å²) in [5.41, 5.74) is -0.436. The van der Waals surface area contributed by atoms with E-state index in [0.29, 0.717) is 19.1 Å². The zero-order valence-electron chi connectivity index (χ0n) is 11.9. The Morgan fingerprint density at radius 1 is 1.28 bits per heavy atom. The quantitative estimate of drug-likeness (QED) is 0.765. The summed E-state index contributed by atoms with van der Waals surface area (Å²) >= 11 is 0. The highest BCUT2D eigenvalue weighted by atomic mass is 16.6. The fraction of sp³-hybridized carbons (Fsp3) is 0.929. The van der Waals surface area contributed by atoms with Crippen LogP contribution in [0.2, 0.25) is 0 Å². The van der Waals surface area contributed by atoms with Crippen molar-refractivity contribution >= 4 is 5.97 Å². The van der Waals surface area contributed by atoms with E-state index < -0.39 is 5.60 Å². The molecule has 1 aliphatic rings. The number of aliphatic hydroxyl groups is 1. The second-order valence-corrected chi connectivity index (χ2v) is 6.07. The van der Waals surface area contributed by atoms with E-state index in [-0.39, 0.29) is 12.6 Å². The molecule has 0 aromatic rings. The van der Waals surface area contributed by atoms with E-state index in [0.717, 1.165) is 12.8 Å². The van der Waals surface area contributed by atoms with Gasteiger partial charge in [-0.05, 0) is 33.6 Å². The highest BCUT2D eigenvalue weighted by Gasteiger charge is 2.25. The number of aliphatic hydroxyl groups excluding tert-OH is 1. The molecule has 0 aromatic heterocycles. The van der Waals surface area contributed by atoms with Crippen LogP contribution in [0.3, 0.4) is 0 Å². The van der Waals surface area contributed by atoms with Gasteiger partial charge in [0.1, 0.15) is 5.60 Å². The third kappa shape index (κ3) is 5.83. The molecule has 0 atom stereocenters. The fourth-order valence-corrected chi connectivity index (χ4v) is 2.50. The van der Waals surface area contributed by atoms with Crippen LogP contribution in [0, 0.1) is 0 Å². The second kappa shape index (κ2) is 7.10. The maximum absolute atomic E-state index is 11.8. The van der Waals surface area contributed by atoms with Gasteiger partial charge in [-0.25, -0.2) is 0 Å². The van der Waals surface area contributed by atoms with Gasteiger partial charge in [0, 0.05) is 12.6 Å². The third-order valence-electron chi connectivity index (χ3n) is 3.23. The van der Waals surface area contributed by atoms with Crippen molar-refractivity contribution in [1.29, 1.82) is 0 Å². The lowest BCUT2D eigenvalue weighted by Gasteiger charge is -2.33. The van der Waals surface area contributed by atoms with Crippen molar-refractivity contribution < 1.29 is 14.6 Å². The van der Waals surface area contributed by atoms with Crippen molar-refractivity contribution in [2.45, 2.75) is 64.5 Å². The molecule has 4 nitrogen and oxygen atoms in total.